The number of unbranched alkanes of at least 4 members (excludes halogenated alkanes) is 6. The van der Waals surface area contributed by atoms with Crippen molar-refractivity contribution in [1.29, 1.82) is 0 Å². The lowest BCUT2D eigenvalue weighted by molar-refractivity contribution is -0.212. The zero-order valence-corrected chi connectivity index (χ0v) is 14.9. The van der Waals surface area contributed by atoms with Gasteiger partial charge in [-0.05, 0) is 25.0 Å². The number of hydrogen-bond acceptors (Lipinski definition) is 3. The molecule has 132 valence electrons. The molecule has 0 amide bonds. The highest BCUT2D eigenvalue weighted by Gasteiger charge is 2.24. The molecule has 1 N–H and O–H groups in total. The van der Waals surface area contributed by atoms with Gasteiger partial charge in [0.15, 0.2) is 5.79 Å². The van der Waals surface area contributed by atoms with Gasteiger partial charge >= 0.3 is 0 Å². The van der Waals surface area contributed by atoms with E-state index in [-0.39, 0.29) is 0 Å². The molecule has 0 saturated heterocycles. The van der Waals surface area contributed by atoms with E-state index in [0.717, 1.165) is 12.2 Å². The molecule has 1 atom stereocenters. The molecule has 0 bridgehead atoms. The standard InChI is InChI=1S/C20H34O3/c1-3-5-6-7-8-9-13-16-20(21,4-2)23-18-17-22-19-14-11-10-12-15-19/h10-12,14-15,21H,3-9,13,16-18H2,1-2H3. The van der Waals surface area contributed by atoms with Crippen LogP contribution < -0.4 is 4.74 Å². The lowest BCUT2D eigenvalue weighted by Gasteiger charge is -2.27. The topological polar surface area (TPSA) is 38.7 Å². The minimum atomic E-state index is -0.997. The molecule has 0 saturated carbocycles. The Morgan fingerprint density at radius 2 is 1.52 bits per heavy atom. The van der Waals surface area contributed by atoms with E-state index in [0.29, 0.717) is 26.1 Å². The quantitative estimate of drug-likeness (QED) is 0.372. The fourth-order valence-electron chi connectivity index (χ4n) is 2.62. The zero-order chi connectivity index (χ0) is 16.8. The largest absolute Gasteiger partial charge is 0.491 e. The van der Waals surface area contributed by atoms with Crippen LogP contribution >= 0.6 is 0 Å². The maximum absolute atomic E-state index is 10.5. The molecule has 0 radical (unpaired) electrons. The summed E-state index contributed by atoms with van der Waals surface area (Å²) in [5, 5.41) is 10.5. The monoisotopic (exact) mass is 322 g/mol. The molecule has 1 aromatic carbocycles. The van der Waals surface area contributed by atoms with Crippen molar-refractivity contribution in [3.63, 3.8) is 0 Å². The first-order valence-corrected chi connectivity index (χ1v) is 9.24. The number of rotatable bonds is 14. The first-order chi connectivity index (χ1) is 11.2. The van der Waals surface area contributed by atoms with Gasteiger partial charge in [0.1, 0.15) is 12.4 Å². The van der Waals surface area contributed by atoms with E-state index in [1.807, 2.05) is 37.3 Å². The molecule has 3 heteroatoms. The molecule has 0 fully saturated rings. The first kappa shape index (κ1) is 20.0. The lowest BCUT2D eigenvalue weighted by atomic mass is 10.0. The van der Waals surface area contributed by atoms with Gasteiger partial charge in [-0.1, -0.05) is 70.6 Å². The van der Waals surface area contributed by atoms with Crippen LogP contribution in [0.15, 0.2) is 30.3 Å². The second kappa shape index (κ2) is 12.4. The van der Waals surface area contributed by atoms with Crippen LogP contribution in [0.3, 0.4) is 0 Å². The molecule has 1 unspecified atom stereocenters. The molecular formula is C20H34O3. The number of hydrogen-bond donors (Lipinski definition) is 1. The summed E-state index contributed by atoms with van der Waals surface area (Å²) in [7, 11) is 0. The van der Waals surface area contributed by atoms with E-state index in [1.165, 1.54) is 38.5 Å². The van der Waals surface area contributed by atoms with Crippen molar-refractivity contribution in [2.24, 2.45) is 0 Å². The van der Waals surface area contributed by atoms with Crippen LogP contribution in [0.2, 0.25) is 0 Å². The van der Waals surface area contributed by atoms with E-state index in [2.05, 4.69) is 6.92 Å². The number of benzene rings is 1. The molecule has 23 heavy (non-hydrogen) atoms. The number of para-hydroxylation sites is 1. The third-order valence-corrected chi connectivity index (χ3v) is 4.19. The highest BCUT2D eigenvalue weighted by molar-refractivity contribution is 5.20. The summed E-state index contributed by atoms with van der Waals surface area (Å²) in [5.41, 5.74) is 0. The Bertz CT molecular complexity index is 380. The van der Waals surface area contributed by atoms with Gasteiger partial charge in [-0.15, -0.1) is 0 Å². The van der Waals surface area contributed by atoms with Crippen molar-refractivity contribution < 1.29 is 14.6 Å². The molecule has 1 rings (SSSR count). The van der Waals surface area contributed by atoms with Crippen LogP contribution in [-0.4, -0.2) is 24.1 Å². The molecule has 1 aromatic rings. The fraction of sp³-hybridized carbons (Fsp3) is 0.700. The van der Waals surface area contributed by atoms with Crippen molar-refractivity contribution in [1.82, 2.24) is 0 Å². The van der Waals surface area contributed by atoms with E-state index in [4.69, 9.17) is 9.47 Å². The summed E-state index contributed by atoms with van der Waals surface area (Å²) in [4.78, 5) is 0. The fourth-order valence-corrected chi connectivity index (χ4v) is 2.62. The van der Waals surface area contributed by atoms with Crippen LogP contribution in [0.1, 0.15) is 71.6 Å². The van der Waals surface area contributed by atoms with Crippen LogP contribution in [0.4, 0.5) is 0 Å². The van der Waals surface area contributed by atoms with Gasteiger partial charge < -0.3 is 14.6 Å². The Morgan fingerprint density at radius 3 is 2.17 bits per heavy atom. The lowest BCUT2D eigenvalue weighted by Crippen LogP contribution is -2.33. The van der Waals surface area contributed by atoms with E-state index < -0.39 is 5.79 Å². The Hall–Kier alpha value is -1.06. The van der Waals surface area contributed by atoms with E-state index in [1.54, 1.807) is 0 Å². The Kier molecular flexibility index (Phi) is 10.8. The third-order valence-electron chi connectivity index (χ3n) is 4.19. The molecule has 0 aliphatic rings. The second-order valence-electron chi connectivity index (χ2n) is 6.18. The highest BCUT2D eigenvalue weighted by atomic mass is 16.6. The summed E-state index contributed by atoms with van der Waals surface area (Å²) in [6.45, 7) is 5.08. The minimum absolute atomic E-state index is 0.412. The maximum atomic E-state index is 10.5. The molecule has 3 nitrogen and oxygen atoms in total. The number of ether oxygens (including phenoxy) is 2. The third kappa shape index (κ3) is 9.62. The van der Waals surface area contributed by atoms with Gasteiger partial charge in [-0.25, -0.2) is 0 Å². The van der Waals surface area contributed by atoms with Crippen molar-refractivity contribution in [2.45, 2.75) is 77.4 Å². The Labute approximate surface area is 142 Å². The molecule has 0 aromatic heterocycles. The predicted octanol–water partition coefficient (Wildman–Crippen LogP) is 5.32. The van der Waals surface area contributed by atoms with Gasteiger partial charge in [0.2, 0.25) is 0 Å². The molecule has 0 aliphatic heterocycles. The van der Waals surface area contributed by atoms with Gasteiger partial charge in [0.25, 0.3) is 0 Å². The summed E-state index contributed by atoms with van der Waals surface area (Å²) in [6, 6.07) is 9.69. The number of aliphatic hydroxyl groups is 1. The zero-order valence-electron chi connectivity index (χ0n) is 14.9. The van der Waals surface area contributed by atoms with Crippen molar-refractivity contribution >= 4 is 0 Å². The Morgan fingerprint density at radius 1 is 0.870 bits per heavy atom. The summed E-state index contributed by atoms with van der Waals surface area (Å²) in [6.07, 6.45) is 10.1. The molecule has 0 aliphatic carbocycles. The van der Waals surface area contributed by atoms with Gasteiger partial charge in [0.05, 0.1) is 6.61 Å². The predicted molar refractivity (Wildman–Crippen MR) is 95.7 cm³/mol. The average Bonchev–Trinajstić information content (AvgIpc) is 2.59. The summed E-state index contributed by atoms with van der Waals surface area (Å²) >= 11 is 0. The SMILES string of the molecule is CCCCCCCCCC(O)(CC)OCCOc1ccccc1. The van der Waals surface area contributed by atoms with Crippen LogP contribution in [0, 0.1) is 0 Å². The smallest absolute Gasteiger partial charge is 0.165 e. The summed E-state index contributed by atoms with van der Waals surface area (Å²) < 4.78 is 11.3. The normalized spacial score (nSPS) is 13.7. The average molecular weight is 322 g/mol. The van der Waals surface area contributed by atoms with E-state index >= 15 is 0 Å². The second-order valence-corrected chi connectivity index (χ2v) is 6.18. The van der Waals surface area contributed by atoms with E-state index in [9.17, 15) is 5.11 Å². The minimum Gasteiger partial charge on any atom is -0.491 e. The van der Waals surface area contributed by atoms with Gasteiger partial charge in [0, 0.05) is 6.42 Å². The molecular weight excluding hydrogens is 288 g/mol. The van der Waals surface area contributed by atoms with Crippen LogP contribution in [0.5, 0.6) is 5.75 Å². The van der Waals surface area contributed by atoms with Crippen molar-refractivity contribution in [3.8, 4) is 5.75 Å². The summed E-state index contributed by atoms with van der Waals surface area (Å²) in [5.74, 6) is -0.160. The molecule has 0 spiro atoms. The van der Waals surface area contributed by atoms with Crippen LogP contribution in [-0.2, 0) is 4.74 Å². The van der Waals surface area contributed by atoms with Gasteiger partial charge in [-0.3, -0.25) is 0 Å². The van der Waals surface area contributed by atoms with Crippen molar-refractivity contribution in [3.05, 3.63) is 30.3 Å². The first-order valence-electron chi connectivity index (χ1n) is 9.24. The molecule has 0 heterocycles. The van der Waals surface area contributed by atoms with Crippen molar-refractivity contribution in [2.75, 3.05) is 13.2 Å². The van der Waals surface area contributed by atoms with Gasteiger partial charge in [-0.2, -0.15) is 0 Å². The Balaban J connectivity index is 2.10. The maximum Gasteiger partial charge on any atom is 0.165 e. The highest BCUT2D eigenvalue weighted by Crippen LogP contribution is 2.21. The van der Waals surface area contributed by atoms with Crippen LogP contribution in [0.25, 0.3) is 0 Å².